The van der Waals surface area contributed by atoms with Crippen LogP contribution in [-0.2, 0) is 27.7 Å². The molecule has 3 nitrogen and oxygen atoms in total. The number of rotatable bonds is 11. The topological polar surface area (TPSA) is 53.4 Å². The van der Waals surface area contributed by atoms with E-state index in [0.29, 0.717) is 11.5 Å². The van der Waals surface area contributed by atoms with Crippen LogP contribution >= 0.6 is 0 Å². The normalized spacial score (nSPS) is 28.4. The summed E-state index contributed by atoms with van der Waals surface area (Å²) in [5.74, 6) is 5.71. The molecule has 1 aromatic heterocycles. The minimum atomic E-state index is -1.63. The molecule has 0 saturated heterocycles. The van der Waals surface area contributed by atoms with Gasteiger partial charge in [0, 0.05) is 33.4 Å². The maximum absolute atomic E-state index is 12.9. The number of hydrogen-bond donors (Lipinski definition) is 2. The van der Waals surface area contributed by atoms with Crippen molar-refractivity contribution in [3.8, 4) is 56.3 Å². The van der Waals surface area contributed by atoms with Gasteiger partial charge in [0.05, 0.1) is 19.5 Å². The summed E-state index contributed by atoms with van der Waals surface area (Å²) in [4.78, 5) is 5.76. The number of phenols is 2. The van der Waals surface area contributed by atoms with E-state index in [0.717, 1.165) is 86.3 Å². The number of phenolic OH excluding ortho intramolecular Hbond substituents is 2. The molecule has 2 N–H and O–H groups in total. The van der Waals surface area contributed by atoms with Gasteiger partial charge in [-0.25, -0.2) is 4.98 Å². The summed E-state index contributed by atoms with van der Waals surface area (Å²) in [6.45, 7) is 21.3. The van der Waals surface area contributed by atoms with Gasteiger partial charge in [0.1, 0.15) is 11.5 Å². The first-order valence-electron chi connectivity index (χ1n) is 27.4. The molecule has 0 amide bonds. The third-order valence-electron chi connectivity index (χ3n) is 19.9. The van der Waals surface area contributed by atoms with Crippen LogP contribution in [0.3, 0.4) is 0 Å². The molecule has 8 fully saturated rings. The Hall–Kier alpha value is -4.15. The lowest BCUT2D eigenvalue weighted by Crippen LogP contribution is -2.48. The summed E-state index contributed by atoms with van der Waals surface area (Å²) in [5.41, 5.74) is 14.4. The van der Waals surface area contributed by atoms with Crippen LogP contribution < -0.4 is 0 Å². The van der Waals surface area contributed by atoms with E-state index in [9.17, 15) is 10.2 Å². The van der Waals surface area contributed by atoms with Crippen molar-refractivity contribution in [2.75, 3.05) is 0 Å². The summed E-state index contributed by atoms with van der Waals surface area (Å²) in [6, 6.07) is 36.8. The molecule has 0 aliphatic heterocycles. The van der Waals surface area contributed by atoms with Crippen molar-refractivity contribution in [1.29, 1.82) is 0 Å². The number of aromatic nitrogens is 1. The zero-order valence-corrected chi connectivity index (χ0v) is 44.2. The number of hydrogen-bond acceptors (Lipinski definition) is 3. The van der Waals surface area contributed by atoms with Gasteiger partial charge in [-0.15, -0.1) is 0 Å². The second kappa shape index (κ2) is 16.7. The average molecular weight is 924 g/mol. The molecule has 0 unspecified atom stereocenters. The summed E-state index contributed by atoms with van der Waals surface area (Å²) in [6.07, 6.45) is 15.6. The van der Waals surface area contributed by atoms with Crippen molar-refractivity contribution >= 4 is 8.07 Å². The molecule has 8 aliphatic carbocycles. The Morgan fingerprint density at radius 2 is 0.794 bits per heavy atom. The zero-order chi connectivity index (χ0) is 47.5. The van der Waals surface area contributed by atoms with E-state index in [-0.39, 0.29) is 21.7 Å². The lowest BCUT2D eigenvalue weighted by molar-refractivity contribution is -0.00631. The Balaban J connectivity index is 1.09. The molecule has 8 aliphatic rings. The van der Waals surface area contributed by atoms with Gasteiger partial charge < -0.3 is 10.2 Å². The summed E-state index contributed by atoms with van der Waals surface area (Å²) < 4.78 is 0. The Kier molecular flexibility index (Phi) is 11.4. The van der Waals surface area contributed by atoms with Crippen LogP contribution in [-0.4, -0.2) is 23.3 Å². The first kappa shape index (κ1) is 46.2. The second-order valence-electron chi connectivity index (χ2n) is 26.3. The second-order valence-corrected chi connectivity index (χ2v) is 31.8. The van der Waals surface area contributed by atoms with E-state index in [1.165, 1.54) is 123 Å². The minimum absolute atomic E-state index is 0.0542. The smallest absolute Gasteiger partial charge is 0.127 e. The Morgan fingerprint density at radius 3 is 1.10 bits per heavy atom. The lowest BCUT2D eigenvalue weighted by atomic mass is 9.47. The van der Waals surface area contributed by atoms with E-state index in [1.54, 1.807) is 0 Å². The molecule has 4 heteroatoms. The minimum Gasteiger partial charge on any atom is -0.507 e. The molecule has 1 heterocycles. The number of pyridine rings is 1. The Labute approximate surface area is 411 Å². The van der Waals surface area contributed by atoms with Gasteiger partial charge >= 0.3 is 0 Å². The van der Waals surface area contributed by atoms with Gasteiger partial charge in [0.25, 0.3) is 0 Å². The number of benzene rings is 4. The van der Waals surface area contributed by atoms with Crippen LogP contribution in [0.25, 0.3) is 44.8 Å². The summed E-state index contributed by atoms with van der Waals surface area (Å²) in [7, 11) is -1.63. The molecule has 0 atom stereocenters. The maximum atomic E-state index is 12.9. The molecule has 0 spiro atoms. The average Bonchev–Trinajstić information content (AvgIpc) is 3.29. The van der Waals surface area contributed by atoms with Crippen LogP contribution in [0.2, 0.25) is 18.1 Å². The molecular formula is C64H81NO2Si. The monoisotopic (exact) mass is 924 g/mol. The van der Waals surface area contributed by atoms with Crippen molar-refractivity contribution < 1.29 is 10.2 Å². The fraction of sp³-hybridized carbons (Fsp3) is 0.547. The van der Waals surface area contributed by atoms with Crippen molar-refractivity contribution in [2.45, 2.75) is 185 Å². The van der Waals surface area contributed by atoms with Gasteiger partial charge in [0.2, 0.25) is 0 Å². The summed E-state index contributed by atoms with van der Waals surface area (Å²) >= 11 is 0. The van der Waals surface area contributed by atoms with Crippen molar-refractivity contribution in [1.82, 2.24) is 4.98 Å². The number of aromatic hydroxyl groups is 2. The number of nitrogens with zero attached hydrogens (tertiary/aromatic N) is 1. The SMILES string of the molecule is CC[Si](CC)(CC)Cc1cc(-c2ccccc2-c2cc(C(C)(C)C)cc(C34CC5CC(CC(C5)C3)C4)c2O)nc(-c2ccccc2-c2cc(C(C)(C)C)cc(C34CC5CC(CC(C5)C3)C4)c2O)c1. The molecule has 68 heavy (non-hydrogen) atoms. The molecular weight excluding hydrogens is 843 g/mol. The first-order valence-corrected chi connectivity index (χ1v) is 30.2. The van der Waals surface area contributed by atoms with Gasteiger partial charge in [-0.1, -0.05) is 141 Å². The predicted octanol–water partition coefficient (Wildman–Crippen LogP) is 17.3. The summed E-state index contributed by atoms with van der Waals surface area (Å²) in [5, 5.41) is 25.8. The van der Waals surface area contributed by atoms with Crippen LogP contribution in [0.5, 0.6) is 11.5 Å². The van der Waals surface area contributed by atoms with Gasteiger partial charge in [-0.2, -0.15) is 0 Å². The highest BCUT2D eigenvalue weighted by Crippen LogP contribution is 2.64. The van der Waals surface area contributed by atoms with Crippen LogP contribution in [0.15, 0.2) is 84.9 Å². The lowest BCUT2D eigenvalue weighted by Gasteiger charge is -2.57. The van der Waals surface area contributed by atoms with E-state index >= 15 is 0 Å². The van der Waals surface area contributed by atoms with Crippen LogP contribution in [0.1, 0.15) is 167 Å². The maximum Gasteiger partial charge on any atom is 0.127 e. The third-order valence-corrected chi connectivity index (χ3v) is 25.5. The molecule has 4 aromatic carbocycles. The largest absolute Gasteiger partial charge is 0.507 e. The molecule has 0 radical (unpaired) electrons. The van der Waals surface area contributed by atoms with Crippen molar-refractivity contribution in [2.24, 2.45) is 35.5 Å². The zero-order valence-electron chi connectivity index (χ0n) is 43.2. The highest BCUT2D eigenvalue weighted by Gasteiger charge is 2.54. The first-order chi connectivity index (χ1) is 32.4. The fourth-order valence-electron chi connectivity index (χ4n) is 16.6. The van der Waals surface area contributed by atoms with Gasteiger partial charge in [-0.05, 0) is 192 Å². The van der Waals surface area contributed by atoms with Gasteiger partial charge in [-0.3, -0.25) is 0 Å². The Bertz CT molecular complexity index is 2490. The van der Waals surface area contributed by atoms with E-state index < -0.39 is 8.07 Å². The molecule has 13 rings (SSSR count). The molecule has 8 bridgehead atoms. The van der Waals surface area contributed by atoms with E-state index in [4.69, 9.17) is 4.98 Å². The van der Waals surface area contributed by atoms with Crippen LogP contribution in [0, 0.1) is 35.5 Å². The fourth-order valence-corrected chi connectivity index (χ4v) is 20.0. The molecule has 5 aromatic rings. The highest BCUT2D eigenvalue weighted by molar-refractivity contribution is 6.79. The highest BCUT2D eigenvalue weighted by atomic mass is 28.3. The van der Waals surface area contributed by atoms with E-state index in [1.807, 2.05) is 0 Å². The Morgan fingerprint density at radius 1 is 0.471 bits per heavy atom. The quantitative estimate of drug-likeness (QED) is 0.130. The molecule has 358 valence electrons. The van der Waals surface area contributed by atoms with Crippen molar-refractivity contribution in [3.63, 3.8) is 0 Å². The predicted molar refractivity (Wildman–Crippen MR) is 287 cm³/mol. The van der Waals surface area contributed by atoms with Gasteiger partial charge in [0.15, 0.2) is 0 Å². The molecule has 8 saturated carbocycles. The van der Waals surface area contributed by atoms with Crippen LogP contribution in [0.4, 0.5) is 0 Å². The standard InChI is InChI=1S/C64H81NO2Si/c1-10-68(11-2,12-3)39-46-27-57(51-19-15-13-17-49(51)53-29-47(61(4,5)6)31-55(59(53)66)63-33-40-21-41(34-63)23-42(22-40)35-63)65-58(28-46)52-20-16-14-18-50(52)54-30-48(62(7,8)9)32-56(60(54)67)64-36-43-24-44(37-64)26-45(25-43)38-64/h13-20,27-32,40-45,66-67H,10-12,21-26,33-39H2,1-9H3. The van der Waals surface area contributed by atoms with E-state index in [2.05, 4.69) is 147 Å². The third kappa shape index (κ3) is 7.94. The van der Waals surface area contributed by atoms with Crippen molar-refractivity contribution in [3.05, 3.63) is 113 Å².